The van der Waals surface area contributed by atoms with E-state index in [1.165, 1.54) is 24.5 Å². The molecule has 0 aliphatic heterocycles. The van der Waals surface area contributed by atoms with Gasteiger partial charge in [-0.15, -0.1) is 0 Å². The van der Waals surface area contributed by atoms with Gasteiger partial charge < -0.3 is 19.9 Å². The van der Waals surface area contributed by atoms with E-state index in [0.29, 0.717) is 35.5 Å². The number of carbonyl (C=O) groups is 1. The fraction of sp³-hybridized carbons (Fsp3) is 0.269. The third-order valence-electron chi connectivity index (χ3n) is 5.73. The zero-order valence-corrected chi connectivity index (χ0v) is 22.8. The summed E-state index contributed by atoms with van der Waals surface area (Å²) in [5.41, 5.74) is 1.09. The fourth-order valence-electron chi connectivity index (χ4n) is 3.85. The predicted molar refractivity (Wildman–Crippen MR) is 146 cm³/mol. The van der Waals surface area contributed by atoms with Gasteiger partial charge in [-0.05, 0) is 48.9 Å². The SMILES string of the molecule is CS(=O)(=O)CCNC(=O)CCCn1ccc2ncnc(Nc3ccc(Oc4cccc(C(F)(F)F)c4)c(Cl)c3)c21. The third-order valence-corrected chi connectivity index (χ3v) is 6.97. The molecule has 0 unspecified atom stereocenters. The Morgan fingerprint density at radius 3 is 2.65 bits per heavy atom. The largest absolute Gasteiger partial charge is 0.456 e. The Bertz CT molecular complexity index is 1630. The van der Waals surface area contributed by atoms with Crippen LogP contribution in [0.2, 0.25) is 5.02 Å². The quantitative estimate of drug-likeness (QED) is 0.233. The van der Waals surface area contributed by atoms with Crippen molar-refractivity contribution in [2.45, 2.75) is 25.6 Å². The molecule has 0 atom stereocenters. The van der Waals surface area contributed by atoms with Gasteiger partial charge in [0.05, 0.1) is 21.9 Å². The molecule has 0 bridgehead atoms. The summed E-state index contributed by atoms with van der Waals surface area (Å²) in [6, 6.07) is 11.1. The maximum atomic E-state index is 13.0. The molecule has 0 saturated heterocycles. The fourth-order valence-corrected chi connectivity index (χ4v) is 4.54. The van der Waals surface area contributed by atoms with Crippen LogP contribution in [-0.4, -0.2) is 47.4 Å². The number of benzene rings is 2. The van der Waals surface area contributed by atoms with E-state index < -0.39 is 21.6 Å². The Balaban J connectivity index is 1.43. The molecule has 4 aromatic rings. The maximum absolute atomic E-state index is 13.0. The summed E-state index contributed by atoms with van der Waals surface area (Å²) in [7, 11) is -3.15. The van der Waals surface area contributed by atoms with Crippen LogP contribution in [-0.2, 0) is 27.4 Å². The number of hydrogen-bond donors (Lipinski definition) is 2. The van der Waals surface area contributed by atoms with Gasteiger partial charge in [0.25, 0.3) is 0 Å². The summed E-state index contributed by atoms with van der Waals surface area (Å²) >= 11 is 6.37. The van der Waals surface area contributed by atoms with Crippen LogP contribution in [0, 0.1) is 0 Å². The van der Waals surface area contributed by atoms with E-state index in [1.54, 1.807) is 12.1 Å². The topological polar surface area (TPSA) is 115 Å². The Morgan fingerprint density at radius 2 is 1.93 bits per heavy atom. The molecule has 0 saturated carbocycles. The number of fused-ring (bicyclic) bond motifs is 1. The lowest BCUT2D eigenvalue weighted by atomic mass is 10.2. The van der Waals surface area contributed by atoms with Crippen molar-refractivity contribution >= 4 is 49.9 Å². The number of hydrogen-bond acceptors (Lipinski definition) is 7. The molecule has 2 aromatic heterocycles. The number of ether oxygens (including phenoxy) is 1. The second-order valence-electron chi connectivity index (χ2n) is 8.95. The zero-order chi connectivity index (χ0) is 28.9. The normalized spacial score (nSPS) is 11.9. The molecule has 1 amide bonds. The number of amides is 1. The van der Waals surface area contributed by atoms with Crippen molar-refractivity contribution in [2.75, 3.05) is 23.9 Å². The number of anilines is 2. The predicted octanol–water partition coefficient (Wildman–Crippen LogP) is 5.58. The first-order chi connectivity index (χ1) is 18.9. The third kappa shape index (κ3) is 7.85. The molecule has 4 rings (SSSR count). The van der Waals surface area contributed by atoms with Crippen molar-refractivity contribution in [1.29, 1.82) is 0 Å². The summed E-state index contributed by atoms with van der Waals surface area (Å²) < 4.78 is 68.9. The van der Waals surface area contributed by atoms with Gasteiger partial charge in [0, 0.05) is 37.7 Å². The lowest BCUT2D eigenvalue weighted by Crippen LogP contribution is -2.28. The number of carbonyl (C=O) groups excluding carboxylic acids is 1. The van der Waals surface area contributed by atoms with Gasteiger partial charge in [0.2, 0.25) is 5.91 Å². The Hall–Kier alpha value is -3.84. The molecule has 2 aromatic carbocycles. The van der Waals surface area contributed by atoms with Gasteiger partial charge in [-0.25, -0.2) is 18.4 Å². The number of halogens is 4. The number of aryl methyl sites for hydroxylation is 1. The first-order valence-electron chi connectivity index (χ1n) is 12.0. The van der Waals surface area contributed by atoms with E-state index in [9.17, 15) is 26.4 Å². The van der Waals surface area contributed by atoms with Gasteiger partial charge in [0.15, 0.2) is 5.82 Å². The van der Waals surface area contributed by atoms with E-state index >= 15 is 0 Å². The molecular weight excluding hydrogens is 571 g/mol. The van der Waals surface area contributed by atoms with E-state index in [0.717, 1.165) is 18.4 Å². The summed E-state index contributed by atoms with van der Waals surface area (Å²) in [5.74, 6) is 0.303. The minimum atomic E-state index is -4.50. The van der Waals surface area contributed by atoms with Crippen LogP contribution in [0.5, 0.6) is 11.5 Å². The Morgan fingerprint density at radius 1 is 1.12 bits per heavy atom. The highest BCUT2D eigenvalue weighted by molar-refractivity contribution is 7.90. The van der Waals surface area contributed by atoms with E-state index in [-0.39, 0.29) is 41.1 Å². The average Bonchev–Trinajstić information content (AvgIpc) is 3.29. The lowest BCUT2D eigenvalue weighted by Gasteiger charge is -2.13. The summed E-state index contributed by atoms with van der Waals surface area (Å²) in [6.07, 6.45) is 0.547. The van der Waals surface area contributed by atoms with Gasteiger partial charge in [-0.2, -0.15) is 13.2 Å². The minimum absolute atomic E-state index is 0.00292. The van der Waals surface area contributed by atoms with Crippen LogP contribution in [0.25, 0.3) is 11.0 Å². The molecule has 9 nitrogen and oxygen atoms in total. The molecule has 212 valence electrons. The second-order valence-corrected chi connectivity index (χ2v) is 11.6. The molecule has 14 heteroatoms. The lowest BCUT2D eigenvalue weighted by molar-refractivity contribution is -0.137. The molecule has 0 aliphatic rings. The van der Waals surface area contributed by atoms with Crippen LogP contribution in [0.15, 0.2) is 61.1 Å². The van der Waals surface area contributed by atoms with Gasteiger partial charge in [0.1, 0.15) is 33.2 Å². The molecule has 0 radical (unpaired) electrons. The second kappa shape index (κ2) is 12.1. The number of nitrogens with zero attached hydrogens (tertiary/aromatic N) is 3. The number of rotatable bonds is 11. The van der Waals surface area contributed by atoms with Crippen LogP contribution < -0.4 is 15.4 Å². The van der Waals surface area contributed by atoms with Crippen LogP contribution in [0.1, 0.15) is 18.4 Å². The summed E-state index contributed by atoms with van der Waals surface area (Å²) in [5, 5.41) is 5.95. The van der Waals surface area contributed by atoms with E-state index in [1.807, 2.05) is 16.8 Å². The number of alkyl halides is 3. The number of aromatic nitrogens is 3. The summed E-state index contributed by atoms with van der Waals surface area (Å²) in [4.78, 5) is 20.7. The van der Waals surface area contributed by atoms with Crippen molar-refractivity contribution in [1.82, 2.24) is 19.9 Å². The standard InChI is InChI=1S/C26H25ClF3N5O4S/c1-40(37,38)13-10-31-23(36)6-3-11-35-12-9-21-24(35)25(33-16-32-21)34-18-7-8-22(20(27)15-18)39-19-5-2-4-17(14-19)26(28,29)30/h2,4-5,7-9,12,14-16H,3,6,10-11,13H2,1H3,(H,31,36)(H,32,33,34). The van der Waals surface area contributed by atoms with Gasteiger partial charge in [-0.1, -0.05) is 17.7 Å². The monoisotopic (exact) mass is 595 g/mol. The van der Waals surface area contributed by atoms with Gasteiger partial charge >= 0.3 is 6.18 Å². The smallest absolute Gasteiger partial charge is 0.416 e. The Kier molecular flexibility index (Phi) is 8.84. The molecule has 0 fully saturated rings. The molecule has 40 heavy (non-hydrogen) atoms. The highest BCUT2D eigenvalue weighted by atomic mass is 35.5. The zero-order valence-electron chi connectivity index (χ0n) is 21.2. The maximum Gasteiger partial charge on any atom is 0.416 e. The van der Waals surface area contributed by atoms with Crippen molar-refractivity contribution in [3.8, 4) is 11.5 Å². The number of sulfone groups is 1. The molecular formula is C26H25ClF3N5O4S. The minimum Gasteiger partial charge on any atom is -0.456 e. The first kappa shape index (κ1) is 29.2. The Labute approximate surface area is 233 Å². The van der Waals surface area contributed by atoms with Crippen molar-refractivity contribution in [3.05, 3.63) is 71.6 Å². The van der Waals surface area contributed by atoms with Crippen LogP contribution >= 0.6 is 11.6 Å². The number of nitrogens with one attached hydrogen (secondary N) is 2. The van der Waals surface area contributed by atoms with Crippen molar-refractivity contribution in [3.63, 3.8) is 0 Å². The average molecular weight is 596 g/mol. The molecule has 2 N–H and O–H groups in total. The summed E-state index contributed by atoms with van der Waals surface area (Å²) in [6.45, 7) is 0.550. The van der Waals surface area contributed by atoms with E-state index in [2.05, 4.69) is 20.6 Å². The van der Waals surface area contributed by atoms with Crippen LogP contribution in [0.4, 0.5) is 24.7 Å². The first-order valence-corrected chi connectivity index (χ1v) is 14.5. The van der Waals surface area contributed by atoms with Crippen molar-refractivity contribution < 1.29 is 31.1 Å². The molecule has 0 spiro atoms. The van der Waals surface area contributed by atoms with Crippen LogP contribution in [0.3, 0.4) is 0 Å². The van der Waals surface area contributed by atoms with E-state index in [4.69, 9.17) is 16.3 Å². The highest BCUT2D eigenvalue weighted by Gasteiger charge is 2.30. The van der Waals surface area contributed by atoms with Gasteiger partial charge in [-0.3, -0.25) is 4.79 Å². The molecule has 0 aliphatic carbocycles. The molecule has 2 heterocycles. The van der Waals surface area contributed by atoms with Crippen molar-refractivity contribution in [2.24, 2.45) is 0 Å². The highest BCUT2D eigenvalue weighted by Crippen LogP contribution is 2.36.